The van der Waals surface area contributed by atoms with E-state index in [1.54, 1.807) is 4.88 Å². The Hall–Kier alpha value is -0.420. The minimum absolute atomic E-state index is 0.0601. The van der Waals surface area contributed by atoms with Crippen molar-refractivity contribution in [3.8, 4) is 0 Å². The Kier molecular flexibility index (Phi) is 3.93. The van der Waals surface area contributed by atoms with E-state index in [0.29, 0.717) is 11.8 Å². The number of ether oxygens (including phenoxy) is 1. The molecule has 3 nitrogen and oxygen atoms in total. The second-order valence-electron chi connectivity index (χ2n) is 7.77. The lowest BCUT2D eigenvalue weighted by Gasteiger charge is -2.38. The average Bonchev–Trinajstić information content (AvgIpc) is 2.93. The fourth-order valence-electron chi connectivity index (χ4n) is 4.57. The highest BCUT2D eigenvalue weighted by atomic mass is 32.1. The maximum Gasteiger partial charge on any atom is 0.0678 e. The summed E-state index contributed by atoms with van der Waals surface area (Å²) in [6, 6.07) is 2.60. The van der Waals surface area contributed by atoms with E-state index >= 15 is 0 Å². The highest BCUT2D eigenvalue weighted by Crippen LogP contribution is 2.48. The lowest BCUT2D eigenvalue weighted by molar-refractivity contribution is -0.0787. The van der Waals surface area contributed by atoms with Crippen molar-refractivity contribution in [2.24, 2.45) is 11.8 Å². The van der Waals surface area contributed by atoms with Crippen LogP contribution in [0.3, 0.4) is 0 Å². The first-order valence-corrected chi connectivity index (χ1v) is 8.94. The molecule has 1 saturated heterocycles. The van der Waals surface area contributed by atoms with Crippen molar-refractivity contribution in [2.75, 3.05) is 0 Å². The van der Waals surface area contributed by atoms with Gasteiger partial charge < -0.3 is 4.74 Å². The standard InChI is InChI=1S/C17H28N2OS/c1-16(2)10-13(17(3,4)20-16)15(19-18)12-6-5-7-14-11(12)8-9-21-14/h8-9,12-13,15,19H,5-7,10,18H2,1-4H3. The molecule has 0 radical (unpaired) electrons. The third kappa shape index (κ3) is 2.79. The van der Waals surface area contributed by atoms with Crippen LogP contribution in [0.1, 0.15) is 63.3 Å². The number of rotatable bonds is 3. The summed E-state index contributed by atoms with van der Waals surface area (Å²) >= 11 is 1.90. The summed E-state index contributed by atoms with van der Waals surface area (Å²) in [7, 11) is 0. The predicted molar refractivity (Wildman–Crippen MR) is 88.5 cm³/mol. The number of aryl methyl sites for hydroxylation is 1. The molecule has 1 fully saturated rings. The molecule has 118 valence electrons. The van der Waals surface area contributed by atoms with Gasteiger partial charge in [-0.2, -0.15) is 0 Å². The zero-order chi connectivity index (χ0) is 15.3. The van der Waals surface area contributed by atoms with Gasteiger partial charge in [0.2, 0.25) is 0 Å². The molecule has 1 aromatic rings. The van der Waals surface area contributed by atoms with E-state index in [4.69, 9.17) is 10.6 Å². The normalized spacial score (nSPS) is 31.9. The number of nitrogens with two attached hydrogens (primary N) is 1. The van der Waals surface area contributed by atoms with Crippen LogP contribution in [0.25, 0.3) is 0 Å². The predicted octanol–water partition coefficient (Wildman–Crippen LogP) is 3.59. The average molecular weight is 308 g/mol. The van der Waals surface area contributed by atoms with Crippen molar-refractivity contribution < 1.29 is 4.74 Å². The number of hydrogen-bond acceptors (Lipinski definition) is 4. The van der Waals surface area contributed by atoms with Crippen LogP contribution in [0.2, 0.25) is 0 Å². The maximum atomic E-state index is 6.30. The molecule has 3 rings (SSSR count). The zero-order valence-electron chi connectivity index (χ0n) is 13.6. The first-order valence-electron chi connectivity index (χ1n) is 8.07. The monoisotopic (exact) mass is 308 g/mol. The van der Waals surface area contributed by atoms with Gasteiger partial charge in [-0.3, -0.25) is 11.3 Å². The number of hydrazine groups is 1. The molecule has 3 N–H and O–H groups in total. The summed E-state index contributed by atoms with van der Waals surface area (Å²) in [5, 5.41) is 2.23. The van der Waals surface area contributed by atoms with Gasteiger partial charge in [-0.1, -0.05) is 0 Å². The van der Waals surface area contributed by atoms with Crippen molar-refractivity contribution in [1.29, 1.82) is 0 Å². The largest absolute Gasteiger partial charge is 0.369 e. The Balaban J connectivity index is 1.90. The molecule has 2 aliphatic rings. The number of fused-ring (bicyclic) bond motifs is 1. The van der Waals surface area contributed by atoms with Crippen LogP contribution in [0.15, 0.2) is 11.4 Å². The summed E-state index contributed by atoms with van der Waals surface area (Å²) in [6.07, 6.45) is 4.79. The molecule has 2 heterocycles. The Morgan fingerprint density at radius 1 is 1.38 bits per heavy atom. The minimum atomic E-state index is -0.131. The number of hydrogen-bond donors (Lipinski definition) is 2. The molecule has 3 unspecified atom stereocenters. The molecule has 1 aliphatic carbocycles. The molecule has 0 aromatic carbocycles. The van der Waals surface area contributed by atoms with Gasteiger partial charge >= 0.3 is 0 Å². The van der Waals surface area contributed by atoms with Gasteiger partial charge in [0.1, 0.15) is 0 Å². The first kappa shape index (κ1) is 15.5. The van der Waals surface area contributed by atoms with E-state index in [-0.39, 0.29) is 17.2 Å². The molecule has 0 spiro atoms. The highest BCUT2D eigenvalue weighted by molar-refractivity contribution is 7.10. The Bertz CT molecular complexity index is 509. The Morgan fingerprint density at radius 3 is 2.76 bits per heavy atom. The van der Waals surface area contributed by atoms with Crippen LogP contribution < -0.4 is 11.3 Å². The molecule has 21 heavy (non-hydrogen) atoms. The van der Waals surface area contributed by atoms with Crippen LogP contribution >= 0.6 is 11.3 Å². The quantitative estimate of drug-likeness (QED) is 0.662. The number of nitrogens with one attached hydrogen (secondary N) is 1. The van der Waals surface area contributed by atoms with Crippen LogP contribution in [0.4, 0.5) is 0 Å². The lowest BCUT2D eigenvalue weighted by Crippen LogP contribution is -2.50. The molecule has 1 aliphatic heterocycles. The van der Waals surface area contributed by atoms with Crippen LogP contribution in [-0.4, -0.2) is 17.2 Å². The molecular weight excluding hydrogens is 280 g/mol. The summed E-state index contributed by atoms with van der Waals surface area (Å²) < 4.78 is 6.30. The van der Waals surface area contributed by atoms with Crippen LogP contribution in [0.5, 0.6) is 0 Å². The van der Waals surface area contributed by atoms with Crippen molar-refractivity contribution in [2.45, 2.75) is 76.5 Å². The molecule has 0 amide bonds. The topological polar surface area (TPSA) is 47.3 Å². The Morgan fingerprint density at radius 2 is 2.14 bits per heavy atom. The van der Waals surface area contributed by atoms with Gasteiger partial charge in [-0.25, -0.2) is 0 Å². The van der Waals surface area contributed by atoms with E-state index < -0.39 is 0 Å². The van der Waals surface area contributed by atoms with Crippen molar-refractivity contribution in [3.05, 3.63) is 21.9 Å². The fourth-order valence-corrected chi connectivity index (χ4v) is 5.57. The molecule has 1 aromatic heterocycles. The third-order valence-corrected chi connectivity index (χ3v) is 6.30. The van der Waals surface area contributed by atoms with E-state index in [0.717, 1.165) is 6.42 Å². The van der Waals surface area contributed by atoms with Crippen molar-refractivity contribution in [3.63, 3.8) is 0 Å². The van der Waals surface area contributed by atoms with Crippen LogP contribution in [0, 0.1) is 5.92 Å². The fraction of sp³-hybridized carbons (Fsp3) is 0.765. The van der Waals surface area contributed by atoms with Gasteiger partial charge in [-0.05, 0) is 70.4 Å². The number of thiophene rings is 1. The minimum Gasteiger partial charge on any atom is -0.369 e. The van der Waals surface area contributed by atoms with Crippen LogP contribution in [-0.2, 0) is 11.2 Å². The second kappa shape index (κ2) is 5.34. The van der Waals surface area contributed by atoms with Gasteiger partial charge in [0.15, 0.2) is 0 Å². The summed E-state index contributed by atoms with van der Waals surface area (Å²) in [4.78, 5) is 1.56. The van der Waals surface area contributed by atoms with Gasteiger partial charge in [0.25, 0.3) is 0 Å². The molecule has 4 heteroatoms. The summed E-state index contributed by atoms with van der Waals surface area (Å²) in [6.45, 7) is 8.82. The maximum absolute atomic E-state index is 6.30. The zero-order valence-corrected chi connectivity index (χ0v) is 14.4. The van der Waals surface area contributed by atoms with Gasteiger partial charge in [-0.15, -0.1) is 11.3 Å². The third-order valence-electron chi connectivity index (χ3n) is 5.30. The molecule has 0 bridgehead atoms. The van der Waals surface area contributed by atoms with Crippen molar-refractivity contribution >= 4 is 11.3 Å². The summed E-state index contributed by atoms with van der Waals surface area (Å²) in [5.74, 6) is 6.98. The highest BCUT2D eigenvalue weighted by Gasteiger charge is 2.51. The van der Waals surface area contributed by atoms with E-state index in [1.165, 1.54) is 24.8 Å². The lowest BCUT2D eigenvalue weighted by atomic mass is 9.72. The van der Waals surface area contributed by atoms with Gasteiger partial charge in [0.05, 0.1) is 11.2 Å². The van der Waals surface area contributed by atoms with E-state index in [2.05, 4.69) is 44.6 Å². The second-order valence-corrected chi connectivity index (χ2v) is 8.77. The molecule has 3 atom stereocenters. The first-order chi connectivity index (χ1) is 9.84. The SMILES string of the molecule is CC1(C)CC(C(NN)C2CCCc3sccc32)C(C)(C)O1. The Labute approximate surface area is 132 Å². The molecule has 0 saturated carbocycles. The van der Waals surface area contributed by atoms with E-state index in [1.807, 2.05) is 11.3 Å². The molecular formula is C17H28N2OS. The summed E-state index contributed by atoms with van der Waals surface area (Å²) in [5.41, 5.74) is 4.49. The van der Waals surface area contributed by atoms with E-state index in [9.17, 15) is 0 Å². The van der Waals surface area contributed by atoms with Crippen molar-refractivity contribution in [1.82, 2.24) is 5.43 Å². The smallest absolute Gasteiger partial charge is 0.0678 e. The van der Waals surface area contributed by atoms with Gasteiger partial charge in [0, 0.05) is 22.8 Å².